The normalized spacial score (nSPS) is 15.6. The van der Waals surface area contributed by atoms with Crippen LogP contribution in [0.2, 0.25) is 0 Å². The predicted molar refractivity (Wildman–Crippen MR) is 120 cm³/mol. The lowest BCUT2D eigenvalue weighted by Gasteiger charge is -2.19. The number of rotatable bonds is 8. The van der Waals surface area contributed by atoms with E-state index in [1.54, 1.807) is 7.11 Å². The lowest BCUT2D eigenvalue weighted by atomic mass is 10.0. The van der Waals surface area contributed by atoms with E-state index < -0.39 is 0 Å². The van der Waals surface area contributed by atoms with Crippen LogP contribution in [0.5, 0.6) is 5.75 Å². The summed E-state index contributed by atoms with van der Waals surface area (Å²) in [4.78, 5) is 15.5. The van der Waals surface area contributed by atoms with Gasteiger partial charge in [-0.25, -0.2) is 0 Å². The molecule has 1 amide bonds. The van der Waals surface area contributed by atoms with Crippen molar-refractivity contribution in [2.45, 2.75) is 32.1 Å². The van der Waals surface area contributed by atoms with E-state index in [0.29, 0.717) is 12.1 Å². The zero-order chi connectivity index (χ0) is 20.3. The molecule has 2 aromatic rings. The molecule has 1 N–H and O–H groups in total. The first-order valence-electron chi connectivity index (χ1n) is 10.7. The molecule has 0 bridgehead atoms. The van der Waals surface area contributed by atoms with Gasteiger partial charge in [-0.15, -0.1) is 0 Å². The van der Waals surface area contributed by atoms with Gasteiger partial charge in [0.05, 0.1) is 7.11 Å². The minimum Gasteiger partial charge on any atom is -0.497 e. The zero-order valence-electron chi connectivity index (χ0n) is 17.4. The monoisotopic (exact) mass is 392 g/mol. The van der Waals surface area contributed by atoms with Crippen LogP contribution in [0.1, 0.15) is 43.2 Å². The molecule has 2 aromatic carbocycles. The van der Waals surface area contributed by atoms with Crippen molar-refractivity contribution in [3.05, 3.63) is 65.7 Å². The number of hydrogen-bond acceptors (Lipinski definition) is 3. The van der Waals surface area contributed by atoms with Gasteiger partial charge in [0.25, 0.3) is 5.91 Å². The average molecular weight is 393 g/mol. The molecule has 0 saturated carbocycles. The van der Waals surface area contributed by atoms with Crippen LogP contribution in [0.3, 0.4) is 0 Å². The van der Waals surface area contributed by atoms with Crippen molar-refractivity contribution >= 4 is 17.6 Å². The highest BCUT2D eigenvalue weighted by atomic mass is 16.5. The molecule has 154 valence electrons. The molecule has 3 rings (SSSR count). The molecule has 0 aliphatic carbocycles. The van der Waals surface area contributed by atoms with Gasteiger partial charge in [0.1, 0.15) is 5.75 Å². The summed E-state index contributed by atoms with van der Waals surface area (Å²) >= 11 is 0. The van der Waals surface area contributed by atoms with Crippen LogP contribution >= 0.6 is 0 Å². The lowest BCUT2D eigenvalue weighted by molar-refractivity contribution is -0.115. The van der Waals surface area contributed by atoms with Gasteiger partial charge in [0, 0.05) is 12.1 Å². The largest absolute Gasteiger partial charge is 0.497 e. The molecule has 4 heteroatoms. The summed E-state index contributed by atoms with van der Waals surface area (Å²) in [5, 5.41) is 3.12. The highest BCUT2D eigenvalue weighted by Crippen LogP contribution is 2.20. The average Bonchev–Trinajstić information content (AvgIpc) is 3.05. The molecule has 1 aliphatic rings. The van der Waals surface area contributed by atoms with Gasteiger partial charge < -0.3 is 15.0 Å². The summed E-state index contributed by atoms with van der Waals surface area (Å²) in [7, 11) is 1.65. The van der Waals surface area contributed by atoms with Crippen LogP contribution < -0.4 is 10.1 Å². The van der Waals surface area contributed by atoms with Crippen LogP contribution in [-0.4, -0.2) is 44.1 Å². The molecular formula is C25H32N2O2. The van der Waals surface area contributed by atoms with Gasteiger partial charge in [-0.1, -0.05) is 55.3 Å². The number of nitrogens with zero attached hydrogens (tertiary/aromatic N) is 1. The maximum Gasteiger partial charge on any atom is 0.251 e. The summed E-state index contributed by atoms with van der Waals surface area (Å²) in [5.41, 5.74) is 2.59. The van der Waals surface area contributed by atoms with E-state index in [-0.39, 0.29) is 5.91 Å². The van der Waals surface area contributed by atoms with Crippen LogP contribution in [0.25, 0.3) is 11.6 Å². The number of methoxy groups -OCH3 is 1. The number of carbonyl (C=O) groups excluding carboxylic acids is 1. The Morgan fingerprint density at radius 3 is 2.34 bits per heavy atom. The lowest BCUT2D eigenvalue weighted by Crippen LogP contribution is -2.31. The molecule has 1 saturated heterocycles. The number of ether oxygens (including phenoxy) is 1. The number of hydrogen-bond donors (Lipinski definition) is 1. The quantitative estimate of drug-likeness (QED) is 0.405. The Morgan fingerprint density at radius 1 is 1.00 bits per heavy atom. The first kappa shape index (κ1) is 21.1. The minimum absolute atomic E-state index is 0.0251. The minimum atomic E-state index is -0.0251. The second-order valence-electron chi connectivity index (χ2n) is 7.56. The van der Waals surface area contributed by atoms with Crippen molar-refractivity contribution in [2.75, 3.05) is 33.3 Å². The highest BCUT2D eigenvalue weighted by molar-refractivity contribution is 6.24. The van der Waals surface area contributed by atoms with Gasteiger partial charge in [0.2, 0.25) is 0 Å². The molecule has 1 fully saturated rings. The fourth-order valence-electron chi connectivity index (χ4n) is 3.72. The van der Waals surface area contributed by atoms with E-state index in [2.05, 4.69) is 10.2 Å². The van der Waals surface area contributed by atoms with Crippen molar-refractivity contribution in [3.8, 4) is 5.75 Å². The predicted octanol–water partition coefficient (Wildman–Crippen LogP) is 4.62. The number of benzene rings is 2. The topological polar surface area (TPSA) is 41.6 Å². The maximum atomic E-state index is 13.0. The summed E-state index contributed by atoms with van der Waals surface area (Å²) in [6, 6.07) is 17.6. The van der Waals surface area contributed by atoms with Crippen LogP contribution in [0.4, 0.5) is 0 Å². The molecule has 0 unspecified atom stereocenters. The van der Waals surface area contributed by atoms with Gasteiger partial charge in [-0.3, -0.25) is 4.79 Å². The molecular weight excluding hydrogens is 360 g/mol. The van der Waals surface area contributed by atoms with Gasteiger partial charge in [0.15, 0.2) is 0 Å². The Morgan fingerprint density at radius 2 is 1.69 bits per heavy atom. The second-order valence-corrected chi connectivity index (χ2v) is 7.56. The Hall–Kier alpha value is -2.59. The SMILES string of the molecule is COc1ccc(/C=C(/C(=O)NCCCN2CCCCCC2)c2ccccc2)cc1. The van der Waals surface area contributed by atoms with E-state index >= 15 is 0 Å². The van der Waals surface area contributed by atoms with Crippen molar-refractivity contribution in [1.29, 1.82) is 0 Å². The van der Waals surface area contributed by atoms with Crippen molar-refractivity contribution in [1.82, 2.24) is 10.2 Å². The van der Waals surface area contributed by atoms with Gasteiger partial charge in [-0.05, 0) is 68.2 Å². The molecule has 1 heterocycles. The van der Waals surface area contributed by atoms with Crippen LogP contribution in [0.15, 0.2) is 54.6 Å². The first-order valence-corrected chi connectivity index (χ1v) is 10.7. The van der Waals surface area contributed by atoms with E-state index in [0.717, 1.165) is 29.8 Å². The summed E-state index contributed by atoms with van der Waals surface area (Å²) < 4.78 is 5.23. The van der Waals surface area contributed by atoms with E-state index in [9.17, 15) is 4.79 Å². The van der Waals surface area contributed by atoms with E-state index in [1.165, 1.54) is 38.8 Å². The number of nitrogens with one attached hydrogen (secondary N) is 1. The first-order chi connectivity index (χ1) is 14.3. The van der Waals surface area contributed by atoms with Crippen molar-refractivity contribution in [3.63, 3.8) is 0 Å². The second kappa shape index (κ2) is 11.4. The number of carbonyl (C=O) groups is 1. The third kappa shape index (κ3) is 6.75. The standard InChI is InChI=1S/C25H32N2O2/c1-29-23-14-12-21(13-15-23)20-24(22-10-5-4-6-11-22)25(28)26-16-9-19-27-17-7-2-3-8-18-27/h4-6,10-15,20H,2-3,7-9,16-19H2,1H3,(H,26,28)/b24-20+. The van der Waals surface area contributed by atoms with E-state index in [4.69, 9.17) is 4.74 Å². The summed E-state index contributed by atoms with van der Waals surface area (Å²) in [6.07, 6.45) is 8.23. The Balaban J connectivity index is 1.62. The molecule has 0 spiro atoms. The third-order valence-corrected chi connectivity index (χ3v) is 5.39. The third-order valence-electron chi connectivity index (χ3n) is 5.39. The van der Waals surface area contributed by atoms with E-state index in [1.807, 2.05) is 60.7 Å². The Kier molecular flexibility index (Phi) is 8.32. The molecule has 29 heavy (non-hydrogen) atoms. The highest BCUT2D eigenvalue weighted by Gasteiger charge is 2.13. The van der Waals surface area contributed by atoms with Gasteiger partial charge in [-0.2, -0.15) is 0 Å². The Bertz CT molecular complexity index is 776. The molecule has 4 nitrogen and oxygen atoms in total. The molecule has 1 aliphatic heterocycles. The smallest absolute Gasteiger partial charge is 0.251 e. The van der Waals surface area contributed by atoms with Crippen molar-refractivity contribution < 1.29 is 9.53 Å². The fourth-order valence-corrected chi connectivity index (χ4v) is 3.72. The van der Waals surface area contributed by atoms with Crippen LogP contribution in [-0.2, 0) is 4.79 Å². The molecule has 0 aromatic heterocycles. The summed E-state index contributed by atoms with van der Waals surface area (Å²) in [6.45, 7) is 4.15. The van der Waals surface area contributed by atoms with Gasteiger partial charge >= 0.3 is 0 Å². The number of amides is 1. The summed E-state index contributed by atoms with van der Waals surface area (Å²) in [5.74, 6) is 0.782. The zero-order valence-corrected chi connectivity index (χ0v) is 17.4. The maximum absolute atomic E-state index is 13.0. The van der Waals surface area contributed by atoms with Crippen LogP contribution in [0, 0.1) is 0 Å². The molecule has 0 radical (unpaired) electrons. The fraction of sp³-hybridized carbons (Fsp3) is 0.400. The van der Waals surface area contributed by atoms with Crippen molar-refractivity contribution in [2.24, 2.45) is 0 Å². The molecule has 0 atom stereocenters. The number of likely N-dealkylation sites (tertiary alicyclic amines) is 1. The Labute approximate surface area is 174 Å².